The van der Waals surface area contributed by atoms with Crippen molar-refractivity contribution in [1.29, 1.82) is 0 Å². The van der Waals surface area contributed by atoms with E-state index >= 15 is 0 Å². The standard InChI is InChI=1S/C18H22O2S/c1-6-8-15(7-2)13-14-21(19,20)17-11-9-16(10-12-17)18(3,4)5/h6-14H,1-2H2,3-5H3/b14-13+,15-8+. The first-order valence-corrected chi connectivity index (χ1v) is 8.24. The van der Waals surface area contributed by atoms with Gasteiger partial charge >= 0.3 is 0 Å². The summed E-state index contributed by atoms with van der Waals surface area (Å²) in [5.41, 5.74) is 1.80. The molecule has 0 radical (unpaired) electrons. The SMILES string of the molecule is C=C/C=C(C=C)/C=C/S(=O)(=O)c1ccc(C(C)(C)C)cc1. The third kappa shape index (κ3) is 4.87. The highest BCUT2D eigenvalue weighted by Gasteiger charge is 2.15. The summed E-state index contributed by atoms with van der Waals surface area (Å²) >= 11 is 0. The molecule has 0 aromatic heterocycles. The van der Waals surface area contributed by atoms with Crippen LogP contribution in [0.25, 0.3) is 0 Å². The van der Waals surface area contributed by atoms with E-state index in [1.807, 2.05) is 12.1 Å². The number of hydrogen-bond acceptors (Lipinski definition) is 2. The molecule has 0 unspecified atom stereocenters. The van der Waals surface area contributed by atoms with Crippen LogP contribution < -0.4 is 0 Å². The number of allylic oxidation sites excluding steroid dienone is 5. The van der Waals surface area contributed by atoms with Gasteiger partial charge in [0.05, 0.1) is 4.90 Å². The molecule has 0 N–H and O–H groups in total. The molecule has 0 fully saturated rings. The smallest absolute Gasteiger partial charge is 0.199 e. The van der Waals surface area contributed by atoms with Gasteiger partial charge in [-0.05, 0) is 34.8 Å². The van der Waals surface area contributed by atoms with E-state index in [2.05, 4.69) is 33.9 Å². The highest BCUT2D eigenvalue weighted by Crippen LogP contribution is 2.24. The van der Waals surface area contributed by atoms with Crippen LogP contribution in [0.4, 0.5) is 0 Å². The Morgan fingerprint density at radius 3 is 2.10 bits per heavy atom. The lowest BCUT2D eigenvalue weighted by Crippen LogP contribution is -2.11. The summed E-state index contributed by atoms with van der Waals surface area (Å²) in [7, 11) is -3.45. The van der Waals surface area contributed by atoms with Crippen molar-refractivity contribution in [1.82, 2.24) is 0 Å². The Balaban J connectivity index is 3.09. The van der Waals surface area contributed by atoms with E-state index in [-0.39, 0.29) is 10.3 Å². The minimum Gasteiger partial charge on any atom is -0.219 e. The molecule has 112 valence electrons. The van der Waals surface area contributed by atoms with E-state index in [4.69, 9.17) is 0 Å². The molecule has 0 saturated carbocycles. The van der Waals surface area contributed by atoms with Gasteiger partial charge in [-0.15, -0.1) is 0 Å². The lowest BCUT2D eigenvalue weighted by atomic mass is 9.87. The van der Waals surface area contributed by atoms with Crippen molar-refractivity contribution in [2.24, 2.45) is 0 Å². The van der Waals surface area contributed by atoms with E-state index in [9.17, 15) is 8.42 Å². The van der Waals surface area contributed by atoms with Crippen molar-refractivity contribution < 1.29 is 8.42 Å². The monoisotopic (exact) mass is 302 g/mol. The topological polar surface area (TPSA) is 34.1 Å². The second kappa shape index (κ2) is 6.72. The molecule has 1 rings (SSSR count). The molecule has 0 spiro atoms. The highest BCUT2D eigenvalue weighted by atomic mass is 32.2. The largest absolute Gasteiger partial charge is 0.219 e. The average Bonchev–Trinajstić information content (AvgIpc) is 2.42. The van der Waals surface area contributed by atoms with Crippen LogP contribution in [-0.4, -0.2) is 8.42 Å². The summed E-state index contributed by atoms with van der Waals surface area (Å²) in [6.07, 6.45) is 6.38. The fourth-order valence-electron chi connectivity index (χ4n) is 1.72. The molecular formula is C18H22O2S. The van der Waals surface area contributed by atoms with Crippen molar-refractivity contribution >= 4 is 9.84 Å². The third-order valence-corrected chi connectivity index (χ3v) is 4.46. The predicted octanol–water partition coefficient (Wildman–Crippen LogP) is 4.57. The lowest BCUT2D eigenvalue weighted by molar-refractivity contribution is 0.588. The van der Waals surface area contributed by atoms with Gasteiger partial charge < -0.3 is 0 Å². The van der Waals surface area contributed by atoms with E-state index < -0.39 is 9.84 Å². The molecule has 0 amide bonds. The van der Waals surface area contributed by atoms with Gasteiger partial charge in [0.2, 0.25) is 0 Å². The molecule has 2 nitrogen and oxygen atoms in total. The summed E-state index contributed by atoms with van der Waals surface area (Å²) in [6.45, 7) is 13.5. The maximum atomic E-state index is 12.2. The summed E-state index contributed by atoms with van der Waals surface area (Å²) in [5, 5.41) is 1.19. The van der Waals surface area contributed by atoms with Crippen molar-refractivity contribution in [2.45, 2.75) is 31.1 Å². The van der Waals surface area contributed by atoms with E-state index in [1.54, 1.807) is 30.4 Å². The Labute approximate surface area is 128 Å². The van der Waals surface area contributed by atoms with Crippen LogP contribution in [-0.2, 0) is 15.3 Å². The number of hydrogen-bond donors (Lipinski definition) is 0. The minimum atomic E-state index is -3.45. The first-order valence-electron chi connectivity index (χ1n) is 6.69. The molecule has 0 heterocycles. The predicted molar refractivity (Wildman–Crippen MR) is 89.9 cm³/mol. The molecule has 0 aliphatic carbocycles. The van der Waals surface area contributed by atoms with Gasteiger partial charge in [-0.25, -0.2) is 8.42 Å². The van der Waals surface area contributed by atoms with Gasteiger partial charge in [-0.1, -0.05) is 64.3 Å². The fraction of sp³-hybridized carbons (Fsp3) is 0.222. The zero-order valence-corrected chi connectivity index (χ0v) is 13.7. The second-order valence-corrected chi connectivity index (χ2v) is 7.56. The molecule has 0 bridgehead atoms. The first-order chi connectivity index (χ1) is 9.70. The number of benzene rings is 1. The first kappa shape index (κ1) is 17.2. The Hall–Kier alpha value is -1.87. The Morgan fingerprint density at radius 2 is 1.67 bits per heavy atom. The molecule has 1 aromatic carbocycles. The maximum absolute atomic E-state index is 12.2. The summed E-state index contributed by atoms with van der Waals surface area (Å²) in [5.74, 6) is 0. The van der Waals surface area contributed by atoms with Gasteiger partial charge in [0.15, 0.2) is 9.84 Å². The van der Waals surface area contributed by atoms with Gasteiger partial charge in [0.1, 0.15) is 0 Å². The van der Waals surface area contributed by atoms with Gasteiger partial charge in [0, 0.05) is 5.41 Å². The molecule has 0 saturated heterocycles. The van der Waals surface area contributed by atoms with Crippen molar-refractivity contribution in [2.75, 3.05) is 0 Å². The number of rotatable bonds is 5. The molecule has 3 heteroatoms. The maximum Gasteiger partial charge on any atom is 0.199 e. The number of sulfone groups is 1. The molecule has 0 aliphatic rings. The zero-order chi connectivity index (χ0) is 16.1. The van der Waals surface area contributed by atoms with E-state index in [1.165, 1.54) is 11.5 Å². The van der Waals surface area contributed by atoms with Crippen LogP contribution in [0, 0.1) is 0 Å². The highest BCUT2D eigenvalue weighted by molar-refractivity contribution is 7.94. The summed E-state index contributed by atoms with van der Waals surface area (Å²) in [6, 6.07) is 7.00. The minimum absolute atomic E-state index is 0.000833. The lowest BCUT2D eigenvalue weighted by Gasteiger charge is -2.18. The van der Waals surface area contributed by atoms with Gasteiger partial charge in [-0.2, -0.15) is 0 Å². The van der Waals surface area contributed by atoms with Crippen molar-refractivity contribution in [3.63, 3.8) is 0 Å². The van der Waals surface area contributed by atoms with Crippen LogP contribution >= 0.6 is 0 Å². The summed E-state index contributed by atoms with van der Waals surface area (Å²) in [4.78, 5) is 0.286. The van der Waals surface area contributed by atoms with Crippen molar-refractivity contribution in [3.8, 4) is 0 Å². The van der Waals surface area contributed by atoms with Crippen LogP contribution in [0.3, 0.4) is 0 Å². The molecule has 0 aliphatic heterocycles. The van der Waals surface area contributed by atoms with Crippen LogP contribution in [0.5, 0.6) is 0 Å². The molecule has 1 aromatic rings. The second-order valence-electron chi connectivity index (χ2n) is 5.73. The van der Waals surface area contributed by atoms with Crippen LogP contribution in [0.15, 0.2) is 77.6 Å². The zero-order valence-electron chi connectivity index (χ0n) is 12.8. The molecular weight excluding hydrogens is 280 g/mol. The van der Waals surface area contributed by atoms with Crippen LogP contribution in [0.2, 0.25) is 0 Å². The Morgan fingerprint density at radius 1 is 1.10 bits per heavy atom. The Bertz CT molecular complexity index is 667. The average molecular weight is 302 g/mol. The third-order valence-electron chi connectivity index (χ3n) is 3.03. The molecule has 21 heavy (non-hydrogen) atoms. The van der Waals surface area contributed by atoms with E-state index in [0.29, 0.717) is 5.57 Å². The van der Waals surface area contributed by atoms with Gasteiger partial charge in [-0.3, -0.25) is 0 Å². The summed E-state index contributed by atoms with van der Waals surface area (Å²) < 4.78 is 24.5. The van der Waals surface area contributed by atoms with Gasteiger partial charge in [0.25, 0.3) is 0 Å². The fourth-order valence-corrected chi connectivity index (χ4v) is 2.73. The normalized spacial score (nSPS) is 13.4. The van der Waals surface area contributed by atoms with E-state index in [0.717, 1.165) is 5.56 Å². The Kier molecular flexibility index (Phi) is 5.50. The molecule has 0 atom stereocenters. The van der Waals surface area contributed by atoms with Crippen LogP contribution in [0.1, 0.15) is 26.3 Å². The van der Waals surface area contributed by atoms with Crippen molar-refractivity contribution in [3.05, 3.63) is 78.3 Å². The quantitative estimate of drug-likeness (QED) is 0.747.